The molecule has 0 aliphatic heterocycles. The third kappa shape index (κ3) is 38.5. The molecule has 18 nitrogen and oxygen atoms in total. The van der Waals surface area contributed by atoms with Crippen molar-refractivity contribution in [3.05, 3.63) is 0 Å². The quantitative estimate of drug-likeness (QED) is 0.0322. The fourth-order valence-electron chi connectivity index (χ4n) is 5.89. The minimum Gasteiger partial charge on any atom is -0.480 e. The number of hydrogen-bond acceptors (Lipinski definition) is 12. The molecule has 0 radical (unpaired) electrons. The average Bonchev–Trinajstić information content (AvgIpc) is 3.20. The van der Waals surface area contributed by atoms with Crippen LogP contribution in [0.15, 0.2) is 0 Å². The van der Waals surface area contributed by atoms with E-state index in [2.05, 4.69) is 28.2 Å². The van der Waals surface area contributed by atoms with E-state index in [9.17, 15) is 33.9 Å². The van der Waals surface area contributed by atoms with Crippen LogP contribution in [0.1, 0.15) is 142 Å². The predicted octanol–water partition coefficient (Wildman–Crippen LogP) is 3.61. The van der Waals surface area contributed by atoms with Crippen molar-refractivity contribution in [2.24, 2.45) is 0 Å². The zero-order valence-corrected chi connectivity index (χ0v) is 35.7. The second kappa shape index (κ2) is 41.3. The molecule has 4 amide bonds. The van der Waals surface area contributed by atoms with Crippen molar-refractivity contribution < 1.29 is 63.1 Å². The molecule has 0 rings (SSSR count). The fraction of sp³-hybridized carbons (Fsp3) is 0.854. The van der Waals surface area contributed by atoms with Gasteiger partial charge < -0.3 is 55.6 Å². The first-order valence-corrected chi connectivity index (χ1v) is 21.9. The molecule has 59 heavy (non-hydrogen) atoms. The van der Waals surface area contributed by atoms with Gasteiger partial charge in [-0.3, -0.25) is 24.0 Å². The van der Waals surface area contributed by atoms with Crippen LogP contribution in [-0.2, 0) is 47.7 Å². The maximum absolute atomic E-state index is 12.3. The van der Waals surface area contributed by atoms with Gasteiger partial charge in [-0.25, -0.2) is 4.79 Å². The molecule has 0 aromatic heterocycles. The Bertz CT molecular complexity index is 1100. The standard InChI is InChI=1S/C41H77N5O13/c1-2-3-4-5-6-7-8-9-10-11-12-13-14-15-16-20-37(48)45-34(40(51)52)21-22-36(47)43-24-26-56-28-31-59-33-39(50)44-25-27-57-29-30-58-32-38(49)42-23-18-17-19-35(46-55)41(53)54/h34-35,46,55H,2-33H2,1H3,(H,42,49)(H,43,47)(H,44,50)(H,45,48)(H,51,52)(H,53,54). The molecule has 0 spiro atoms. The maximum Gasteiger partial charge on any atom is 0.326 e. The van der Waals surface area contributed by atoms with Gasteiger partial charge in [0.2, 0.25) is 23.6 Å². The minimum atomic E-state index is -1.17. The Morgan fingerprint density at radius 3 is 1.36 bits per heavy atom. The molecular formula is C41H77N5O13. The molecule has 0 aliphatic rings. The van der Waals surface area contributed by atoms with Crippen LogP contribution in [0.25, 0.3) is 0 Å². The van der Waals surface area contributed by atoms with Gasteiger partial charge in [0, 0.05) is 32.5 Å². The number of nitrogens with one attached hydrogen (secondary N) is 5. The molecule has 0 aromatic carbocycles. The largest absolute Gasteiger partial charge is 0.480 e. The molecule has 0 heterocycles. The first-order chi connectivity index (χ1) is 28.6. The number of hydrogen-bond donors (Lipinski definition) is 8. The lowest BCUT2D eigenvalue weighted by Crippen LogP contribution is -2.41. The van der Waals surface area contributed by atoms with Crippen molar-refractivity contribution in [1.29, 1.82) is 0 Å². The first-order valence-electron chi connectivity index (χ1n) is 21.9. The van der Waals surface area contributed by atoms with Crippen LogP contribution in [0, 0.1) is 0 Å². The molecule has 0 saturated carbocycles. The van der Waals surface area contributed by atoms with Gasteiger partial charge in [-0.05, 0) is 32.1 Å². The number of ether oxygens (including phenoxy) is 4. The maximum atomic E-state index is 12.3. The van der Waals surface area contributed by atoms with Gasteiger partial charge in [-0.2, -0.15) is 5.48 Å². The van der Waals surface area contributed by atoms with Gasteiger partial charge >= 0.3 is 11.9 Å². The van der Waals surface area contributed by atoms with Crippen molar-refractivity contribution in [2.75, 3.05) is 72.5 Å². The lowest BCUT2D eigenvalue weighted by atomic mass is 10.0. The van der Waals surface area contributed by atoms with E-state index in [0.717, 1.165) is 19.3 Å². The summed E-state index contributed by atoms with van der Waals surface area (Å²) < 4.78 is 21.2. The second-order valence-electron chi connectivity index (χ2n) is 14.6. The van der Waals surface area contributed by atoms with Crippen LogP contribution in [-0.4, -0.2) is 136 Å². The van der Waals surface area contributed by atoms with E-state index in [1.54, 1.807) is 5.48 Å². The van der Waals surface area contributed by atoms with Gasteiger partial charge in [0.15, 0.2) is 0 Å². The summed E-state index contributed by atoms with van der Waals surface area (Å²) in [6.45, 7) is 3.96. The summed E-state index contributed by atoms with van der Waals surface area (Å²) in [6, 6.07) is -2.16. The lowest BCUT2D eigenvalue weighted by molar-refractivity contribution is -0.143. The van der Waals surface area contributed by atoms with Gasteiger partial charge in [0.1, 0.15) is 25.3 Å². The Morgan fingerprint density at radius 1 is 0.441 bits per heavy atom. The highest BCUT2D eigenvalue weighted by Crippen LogP contribution is 2.14. The molecule has 0 aromatic rings. The van der Waals surface area contributed by atoms with E-state index in [0.29, 0.717) is 25.8 Å². The molecule has 2 unspecified atom stereocenters. The summed E-state index contributed by atoms with van der Waals surface area (Å²) in [5, 5.41) is 37.6. The van der Waals surface area contributed by atoms with E-state index in [1.165, 1.54) is 70.6 Å². The minimum absolute atomic E-state index is 0.0154. The van der Waals surface area contributed by atoms with Crippen LogP contribution >= 0.6 is 0 Å². The third-order valence-corrected chi connectivity index (χ3v) is 9.34. The van der Waals surface area contributed by atoms with Crippen LogP contribution in [0.5, 0.6) is 0 Å². The number of carbonyl (C=O) groups excluding carboxylic acids is 4. The molecule has 0 saturated heterocycles. The van der Waals surface area contributed by atoms with Crippen molar-refractivity contribution in [3.8, 4) is 0 Å². The molecule has 8 N–H and O–H groups in total. The summed E-state index contributed by atoms with van der Waals surface area (Å²) in [5.74, 6) is -3.62. The number of aliphatic carboxylic acids is 2. The van der Waals surface area contributed by atoms with E-state index in [1.807, 2.05) is 0 Å². The summed E-state index contributed by atoms with van der Waals surface area (Å²) in [6.07, 6.45) is 19.9. The van der Waals surface area contributed by atoms with Crippen LogP contribution in [0.2, 0.25) is 0 Å². The Balaban J connectivity index is 3.66. The molecular weight excluding hydrogens is 770 g/mol. The zero-order valence-electron chi connectivity index (χ0n) is 35.7. The normalized spacial score (nSPS) is 12.1. The van der Waals surface area contributed by atoms with E-state index < -0.39 is 24.0 Å². The summed E-state index contributed by atoms with van der Waals surface area (Å²) in [4.78, 5) is 70.6. The summed E-state index contributed by atoms with van der Waals surface area (Å²) >= 11 is 0. The number of amides is 4. The van der Waals surface area contributed by atoms with Crippen molar-refractivity contribution in [3.63, 3.8) is 0 Å². The van der Waals surface area contributed by atoms with E-state index in [4.69, 9.17) is 29.3 Å². The fourth-order valence-corrected chi connectivity index (χ4v) is 5.89. The highest BCUT2D eigenvalue weighted by atomic mass is 16.5. The molecule has 0 aliphatic carbocycles. The number of hydroxylamine groups is 1. The van der Waals surface area contributed by atoms with Gasteiger partial charge in [0.25, 0.3) is 0 Å². The van der Waals surface area contributed by atoms with Crippen LogP contribution < -0.4 is 26.7 Å². The van der Waals surface area contributed by atoms with Crippen molar-refractivity contribution in [2.45, 2.75) is 154 Å². The van der Waals surface area contributed by atoms with Crippen molar-refractivity contribution >= 4 is 35.6 Å². The summed E-state index contributed by atoms with van der Waals surface area (Å²) in [7, 11) is 0. The Kier molecular flexibility index (Phi) is 38.9. The SMILES string of the molecule is CCCCCCCCCCCCCCCCCC(=O)NC(CCC(=O)NCCOCCOCC(=O)NCCOCCOCC(=O)NCCCCC(NO)C(=O)O)C(=O)O. The lowest BCUT2D eigenvalue weighted by Gasteiger charge is -2.14. The predicted molar refractivity (Wildman–Crippen MR) is 221 cm³/mol. The Hall–Kier alpha value is -3.42. The number of carboxylic acid groups (broad SMARTS) is 2. The molecule has 18 heteroatoms. The zero-order chi connectivity index (χ0) is 43.6. The smallest absolute Gasteiger partial charge is 0.326 e. The number of rotatable bonds is 44. The van der Waals surface area contributed by atoms with Crippen LogP contribution in [0.3, 0.4) is 0 Å². The third-order valence-electron chi connectivity index (χ3n) is 9.34. The van der Waals surface area contributed by atoms with Gasteiger partial charge in [0.05, 0.1) is 39.6 Å². The highest BCUT2D eigenvalue weighted by Gasteiger charge is 2.21. The van der Waals surface area contributed by atoms with Gasteiger partial charge in [-0.1, -0.05) is 96.8 Å². The Labute approximate surface area is 351 Å². The number of carboxylic acids is 2. The molecule has 2 atom stereocenters. The topological polar surface area (TPSA) is 260 Å². The molecule has 0 bridgehead atoms. The average molecular weight is 848 g/mol. The number of unbranched alkanes of at least 4 members (excludes halogenated alkanes) is 15. The first kappa shape index (κ1) is 55.6. The van der Waals surface area contributed by atoms with Crippen LogP contribution in [0.4, 0.5) is 0 Å². The second-order valence-corrected chi connectivity index (χ2v) is 14.6. The number of carbonyl (C=O) groups is 6. The Morgan fingerprint density at radius 2 is 0.881 bits per heavy atom. The van der Waals surface area contributed by atoms with E-state index >= 15 is 0 Å². The molecule has 344 valence electrons. The highest BCUT2D eigenvalue weighted by molar-refractivity contribution is 5.84. The molecule has 0 fully saturated rings. The van der Waals surface area contributed by atoms with Crippen molar-refractivity contribution in [1.82, 2.24) is 26.7 Å². The van der Waals surface area contributed by atoms with E-state index in [-0.39, 0.29) is 115 Å². The van der Waals surface area contributed by atoms with Gasteiger partial charge in [-0.15, -0.1) is 0 Å². The summed E-state index contributed by atoms with van der Waals surface area (Å²) in [5.41, 5.74) is 1.72. The monoisotopic (exact) mass is 848 g/mol.